The third kappa shape index (κ3) is 6.49. The quantitative estimate of drug-likeness (QED) is 0.394. The van der Waals surface area contributed by atoms with Gasteiger partial charge >= 0.3 is 0 Å². The van der Waals surface area contributed by atoms with E-state index in [1.807, 2.05) is 0 Å². The molecule has 5 heteroatoms. The van der Waals surface area contributed by atoms with Crippen LogP contribution in [-0.2, 0) is 22.0 Å². The molecule has 1 aromatic rings. The molecule has 3 nitrogen and oxygen atoms in total. The van der Waals surface area contributed by atoms with Crippen LogP contribution in [0.1, 0.15) is 163 Å². The van der Waals surface area contributed by atoms with E-state index in [0.29, 0.717) is 17.8 Å². The van der Waals surface area contributed by atoms with Gasteiger partial charge in [-0.3, -0.25) is 0 Å². The summed E-state index contributed by atoms with van der Waals surface area (Å²) in [4.78, 5) is 1.05. The first-order chi connectivity index (χ1) is 17.2. The molecule has 196 valence electrons. The molecule has 4 fully saturated rings. The normalized spacial score (nSPS) is 25.9. The van der Waals surface area contributed by atoms with Crippen molar-refractivity contribution in [3.8, 4) is 0 Å². The summed E-state index contributed by atoms with van der Waals surface area (Å²) in [5.41, 5.74) is 4.25. The maximum absolute atomic E-state index is 14.1. The molecule has 0 radical (unpaired) electrons. The molecule has 0 heterocycles. The highest BCUT2D eigenvalue weighted by molar-refractivity contribution is 7.98. The third-order valence-corrected chi connectivity index (χ3v) is 12.7. The zero-order chi connectivity index (χ0) is 24.0. The largest absolute Gasteiger partial charge is 0.242 e. The van der Waals surface area contributed by atoms with Crippen molar-refractivity contribution in [3.05, 3.63) is 28.8 Å². The Bertz CT molecular complexity index is 837. The van der Waals surface area contributed by atoms with Crippen LogP contribution in [0, 0.1) is 0 Å². The molecule has 4 aliphatic rings. The molecule has 2 unspecified atom stereocenters. The van der Waals surface area contributed by atoms with Crippen LogP contribution in [0.2, 0.25) is 0 Å². The monoisotopic (exact) mass is 517 g/mol. The third-order valence-electron chi connectivity index (χ3n) is 9.53. The average Bonchev–Trinajstić information content (AvgIpc) is 2.94. The van der Waals surface area contributed by atoms with Gasteiger partial charge in [0, 0.05) is 0 Å². The van der Waals surface area contributed by atoms with Crippen LogP contribution in [0.4, 0.5) is 0 Å². The smallest absolute Gasteiger partial charge is 0.137 e. The fraction of sp³-hybridized carbons (Fsp3) is 0.800. The van der Waals surface area contributed by atoms with Gasteiger partial charge in [0.2, 0.25) is 0 Å². The van der Waals surface area contributed by atoms with E-state index in [0.717, 1.165) is 30.6 Å². The van der Waals surface area contributed by atoms with Crippen LogP contribution in [0.3, 0.4) is 0 Å². The van der Waals surface area contributed by atoms with Crippen molar-refractivity contribution in [2.45, 2.75) is 156 Å². The van der Waals surface area contributed by atoms with E-state index >= 15 is 0 Å². The van der Waals surface area contributed by atoms with Gasteiger partial charge in [0.15, 0.2) is 0 Å². The minimum absolute atomic E-state index is 0.158. The zero-order valence-corrected chi connectivity index (χ0v) is 23.4. The Labute approximate surface area is 219 Å². The van der Waals surface area contributed by atoms with Crippen LogP contribution < -0.4 is 4.13 Å². The SMILES string of the molecule is O=S(NS(=O)C1CCCCC1)c1c(C2CCCCC2)cc(C2CCCCC2)cc1C1CCCCC1. The lowest BCUT2D eigenvalue weighted by Gasteiger charge is -2.32. The van der Waals surface area contributed by atoms with E-state index in [2.05, 4.69) is 16.3 Å². The lowest BCUT2D eigenvalue weighted by molar-refractivity contribution is 0.420. The molecular weight excluding hydrogens is 470 g/mol. The summed E-state index contributed by atoms with van der Waals surface area (Å²) in [7, 11) is -2.63. The summed E-state index contributed by atoms with van der Waals surface area (Å²) in [6.07, 6.45) is 24.9. The second-order valence-electron chi connectivity index (χ2n) is 11.9. The van der Waals surface area contributed by atoms with Gasteiger partial charge in [-0.05, 0) is 85.8 Å². The van der Waals surface area contributed by atoms with Crippen LogP contribution in [0.25, 0.3) is 0 Å². The number of hydrogen-bond acceptors (Lipinski definition) is 2. The summed E-state index contributed by atoms with van der Waals surface area (Å²) in [5.74, 6) is 1.69. The van der Waals surface area contributed by atoms with Gasteiger partial charge < -0.3 is 0 Å². The number of benzene rings is 1. The van der Waals surface area contributed by atoms with Crippen LogP contribution in [-0.4, -0.2) is 13.7 Å². The first kappa shape index (κ1) is 26.1. The molecule has 0 aromatic heterocycles. The topological polar surface area (TPSA) is 46.2 Å². The van der Waals surface area contributed by atoms with Crippen LogP contribution >= 0.6 is 0 Å². The van der Waals surface area contributed by atoms with Gasteiger partial charge in [0.1, 0.15) is 22.0 Å². The molecular formula is C30H47NO2S2. The lowest BCUT2D eigenvalue weighted by Crippen LogP contribution is -2.32. The van der Waals surface area contributed by atoms with Crippen molar-refractivity contribution in [1.29, 1.82) is 0 Å². The van der Waals surface area contributed by atoms with E-state index in [4.69, 9.17) is 0 Å². The van der Waals surface area contributed by atoms with E-state index in [1.54, 1.807) is 0 Å². The first-order valence-corrected chi connectivity index (χ1v) is 17.3. The summed E-state index contributed by atoms with van der Waals surface area (Å²) in [5, 5.41) is 0.158. The molecule has 35 heavy (non-hydrogen) atoms. The summed E-state index contributed by atoms with van der Waals surface area (Å²) >= 11 is 0. The number of rotatable bonds is 7. The molecule has 1 aromatic carbocycles. The fourth-order valence-electron chi connectivity index (χ4n) is 7.48. The Morgan fingerprint density at radius 2 is 0.943 bits per heavy atom. The van der Waals surface area contributed by atoms with E-state index < -0.39 is 22.0 Å². The predicted molar refractivity (Wildman–Crippen MR) is 148 cm³/mol. The average molecular weight is 518 g/mol. The van der Waals surface area contributed by atoms with Crippen LogP contribution in [0.5, 0.6) is 0 Å². The van der Waals surface area contributed by atoms with Gasteiger partial charge in [-0.1, -0.05) is 89.2 Å². The fourth-order valence-corrected chi connectivity index (χ4v) is 10.6. The minimum Gasteiger partial charge on any atom is -0.242 e. The van der Waals surface area contributed by atoms with Crippen molar-refractivity contribution in [2.24, 2.45) is 0 Å². The number of hydrogen-bond donors (Lipinski definition) is 1. The molecule has 0 aliphatic heterocycles. The highest BCUT2D eigenvalue weighted by Crippen LogP contribution is 2.45. The van der Waals surface area contributed by atoms with Crippen molar-refractivity contribution < 1.29 is 8.42 Å². The van der Waals surface area contributed by atoms with Crippen molar-refractivity contribution in [2.75, 3.05) is 0 Å². The summed E-state index contributed by atoms with van der Waals surface area (Å²) in [6, 6.07) is 4.97. The van der Waals surface area contributed by atoms with Crippen molar-refractivity contribution >= 4 is 22.0 Å². The zero-order valence-electron chi connectivity index (χ0n) is 21.7. The Kier molecular flexibility index (Phi) is 9.56. The predicted octanol–water partition coefficient (Wildman–Crippen LogP) is 8.44. The van der Waals surface area contributed by atoms with Gasteiger partial charge in [-0.25, -0.2) is 8.42 Å². The first-order valence-electron chi connectivity index (χ1n) is 15.0. The highest BCUT2D eigenvalue weighted by Gasteiger charge is 2.31. The molecule has 1 N–H and O–H groups in total. The molecule has 5 rings (SSSR count). The standard InChI is InChI=1S/C30H47NO2S2/c32-34(27-19-11-4-12-20-27)31-35(33)30-28(24-15-7-2-8-16-24)21-26(23-13-5-1-6-14-23)22-29(30)25-17-9-3-10-18-25/h21-25,27,31H,1-20H2. The summed E-state index contributed by atoms with van der Waals surface area (Å²) < 4.78 is 30.6. The maximum Gasteiger partial charge on any atom is 0.137 e. The Morgan fingerprint density at radius 3 is 1.40 bits per heavy atom. The Morgan fingerprint density at radius 1 is 0.543 bits per heavy atom. The molecule has 0 amide bonds. The minimum atomic E-state index is -1.40. The molecule has 0 bridgehead atoms. The van der Waals surface area contributed by atoms with Gasteiger partial charge in [-0.2, -0.15) is 4.13 Å². The van der Waals surface area contributed by atoms with E-state index in [1.165, 1.54) is 119 Å². The van der Waals surface area contributed by atoms with E-state index in [9.17, 15) is 8.42 Å². The van der Waals surface area contributed by atoms with Gasteiger partial charge in [0.25, 0.3) is 0 Å². The second kappa shape index (κ2) is 12.8. The van der Waals surface area contributed by atoms with Crippen LogP contribution in [0.15, 0.2) is 17.0 Å². The van der Waals surface area contributed by atoms with Crippen molar-refractivity contribution in [1.82, 2.24) is 4.13 Å². The van der Waals surface area contributed by atoms with Gasteiger partial charge in [0.05, 0.1) is 10.1 Å². The van der Waals surface area contributed by atoms with Gasteiger partial charge in [-0.15, -0.1) is 0 Å². The Balaban J connectivity index is 1.53. The molecule has 0 saturated heterocycles. The number of nitrogens with one attached hydrogen (secondary N) is 1. The lowest BCUT2D eigenvalue weighted by atomic mass is 9.76. The Hall–Kier alpha value is -0.520. The van der Waals surface area contributed by atoms with Crippen molar-refractivity contribution in [3.63, 3.8) is 0 Å². The summed E-state index contributed by atoms with van der Waals surface area (Å²) in [6.45, 7) is 0. The molecule has 4 saturated carbocycles. The maximum atomic E-state index is 14.1. The molecule has 2 atom stereocenters. The second-order valence-corrected chi connectivity index (χ2v) is 14.8. The molecule has 0 spiro atoms. The molecule has 4 aliphatic carbocycles. The highest BCUT2D eigenvalue weighted by atomic mass is 32.3. The van der Waals surface area contributed by atoms with E-state index in [-0.39, 0.29) is 5.25 Å².